The first-order chi connectivity index (χ1) is 13.2. The lowest BCUT2D eigenvalue weighted by molar-refractivity contribution is 0.253. The van der Waals surface area contributed by atoms with Crippen molar-refractivity contribution in [3.63, 3.8) is 0 Å². The second-order valence-electron chi connectivity index (χ2n) is 7.34. The molecule has 5 nitrogen and oxygen atoms in total. The number of methoxy groups -OCH3 is 1. The van der Waals surface area contributed by atoms with Crippen LogP contribution in [0.2, 0.25) is 5.02 Å². The van der Waals surface area contributed by atoms with Crippen molar-refractivity contribution in [2.75, 3.05) is 33.4 Å². The Hall–Kier alpha value is -2.03. The Kier molecular flexibility index (Phi) is 5.38. The number of hydrogen-bond acceptors (Lipinski definition) is 5. The zero-order valence-electron chi connectivity index (χ0n) is 15.6. The van der Waals surface area contributed by atoms with Crippen LogP contribution in [0.3, 0.4) is 0 Å². The first-order valence-corrected chi connectivity index (χ1v) is 10.0. The van der Waals surface area contributed by atoms with E-state index >= 15 is 0 Å². The van der Waals surface area contributed by atoms with Crippen molar-refractivity contribution in [1.82, 2.24) is 9.88 Å². The number of likely N-dealkylation sites (tertiary alicyclic amines) is 1. The van der Waals surface area contributed by atoms with Crippen LogP contribution in [0.4, 0.5) is 0 Å². The summed E-state index contributed by atoms with van der Waals surface area (Å²) in [4.78, 5) is 7.14. The maximum Gasteiger partial charge on any atom is 0.163 e. The molecule has 0 amide bonds. The zero-order chi connectivity index (χ0) is 18.8. The van der Waals surface area contributed by atoms with E-state index in [4.69, 9.17) is 31.3 Å². The molecule has 2 aliphatic rings. The van der Waals surface area contributed by atoms with Crippen molar-refractivity contribution in [3.8, 4) is 17.6 Å². The van der Waals surface area contributed by atoms with Gasteiger partial charge in [-0.3, -0.25) is 4.98 Å². The number of aromatic nitrogens is 1. The van der Waals surface area contributed by atoms with Crippen LogP contribution in [0.1, 0.15) is 30.5 Å². The molecular weight excluding hydrogens is 362 g/mol. The fourth-order valence-corrected chi connectivity index (χ4v) is 4.45. The Morgan fingerprint density at radius 3 is 3.00 bits per heavy atom. The average molecular weight is 386 g/mol. The molecular formula is C21H24ClN3O2. The summed E-state index contributed by atoms with van der Waals surface area (Å²) in [5.74, 6) is 1.58. The summed E-state index contributed by atoms with van der Waals surface area (Å²) >= 11 is 6.63. The van der Waals surface area contributed by atoms with Gasteiger partial charge in [-0.2, -0.15) is 5.26 Å². The number of aryl methyl sites for hydroxylation is 1. The van der Waals surface area contributed by atoms with Crippen molar-refractivity contribution >= 4 is 22.5 Å². The maximum atomic E-state index is 9.00. The van der Waals surface area contributed by atoms with E-state index in [1.165, 1.54) is 5.56 Å². The van der Waals surface area contributed by atoms with E-state index < -0.39 is 0 Å². The lowest BCUT2D eigenvalue weighted by Gasteiger charge is -2.16. The van der Waals surface area contributed by atoms with Crippen LogP contribution in [-0.2, 0) is 12.8 Å². The van der Waals surface area contributed by atoms with E-state index in [9.17, 15) is 0 Å². The maximum absolute atomic E-state index is 9.00. The molecule has 2 heterocycles. The van der Waals surface area contributed by atoms with Gasteiger partial charge in [-0.1, -0.05) is 11.6 Å². The van der Waals surface area contributed by atoms with Gasteiger partial charge in [0.1, 0.15) is 0 Å². The molecule has 0 radical (unpaired) electrons. The quantitative estimate of drug-likeness (QED) is 0.703. The fourth-order valence-electron chi connectivity index (χ4n) is 4.10. The van der Waals surface area contributed by atoms with Gasteiger partial charge in [0.05, 0.1) is 36.2 Å². The Morgan fingerprint density at radius 1 is 1.33 bits per heavy atom. The third kappa shape index (κ3) is 3.69. The summed E-state index contributed by atoms with van der Waals surface area (Å²) in [7, 11) is 1.65. The molecule has 1 unspecified atom stereocenters. The second-order valence-corrected chi connectivity index (χ2v) is 7.72. The van der Waals surface area contributed by atoms with Crippen molar-refractivity contribution < 1.29 is 9.47 Å². The third-order valence-corrected chi connectivity index (χ3v) is 5.99. The summed E-state index contributed by atoms with van der Waals surface area (Å²) in [6.45, 7) is 3.44. The van der Waals surface area contributed by atoms with Crippen molar-refractivity contribution in [3.05, 3.63) is 28.4 Å². The third-order valence-electron chi connectivity index (χ3n) is 5.56. The topological polar surface area (TPSA) is 58.4 Å². The number of benzene rings is 1. The van der Waals surface area contributed by atoms with Crippen LogP contribution < -0.4 is 9.47 Å². The van der Waals surface area contributed by atoms with E-state index in [1.54, 1.807) is 7.11 Å². The summed E-state index contributed by atoms with van der Waals surface area (Å²) in [6, 6.07) is 6.24. The molecule has 1 aliphatic carbocycles. The second kappa shape index (κ2) is 7.92. The van der Waals surface area contributed by atoms with Gasteiger partial charge in [-0.05, 0) is 50.3 Å². The molecule has 1 fully saturated rings. The fraction of sp³-hybridized carbons (Fsp3) is 0.524. The molecule has 0 bridgehead atoms. The normalized spacial score (nSPS) is 19.2. The van der Waals surface area contributed by atoms with Crippen LogP contribution in [-0.4, -0.2) is 43.2 Å². The minimum absolute atomic E-state index is 0.184. The van der Waals surface area contributed by atoms with Crippen LogP contribution in [0.25, 0.3) is 10.9 Å². The molecule has 2 aromatic rings. The molecule has 1 aromatic carbocycles. The van der Waals surface area contributed by atoms with Crippen molar-refractivity contribution in [1.29, 1.82) is 5.26 Å². The molecule has 0 N–H and O–H groups in total. The number of ether oxygens (including phenoxy) is 2. The first-order valence-electron chi connectivity index (χ1n) is 9.63. The van der Waals surface area contributed by atoms with Gasteiger partial charge in [0.15, 0.2) is 11.5 Å². The van der Waals surface area contributed by atoms with E-state index in [0.717, 1.165) is 73.4 Å². The van der Waals surface area contributed by atoms with Gasteiger partial charge in [-0.15, -0.1) is 0 Å². The number of pyridine rings is 1. The predicted molar refractivity (Wildman–Crippen MR) is 106 cm³/mol. The van der Waals surface area contributed by atoms with Crippen molar-refractivity contribution in [2.24, 2.45) is 5.92 Å². The predicted octanol–water partition coefficient (Wildman–Crippen LogP) is 4.00. The van der Waals surface area contributed by atoms with Crippen LogP contribution in [0, 0.1) is 17.2 Å². The highest BCUT2D eigenvalue weighted by Gasteiger charge is 2.22. The van der Waals surface area contributed by atoms with E-state index in [2.05, 4.69) is 11.0 Å². The largest absolute Gasteiger partial charge is 0.493 e. The Bertz CT molecular complexity index is 893. The number of rotatable bonds is 6. The highest BCUT2D eigenvalue weighted by atomic mass is 35.5. The van der Waals surface area contributed by atoms with Gasteiger partial charge in [0.2, 0.25) is 0 Å². The van der Waals surface area contributed by atoms with Gasteiger partial charge < -0.3 is 14.4 Å². The first kappa shape index (κ1) is 18.3. The lowest BCUT2D eigenvalue weighted by atomic mass is 10.1. The molecule has 142 valence electrons. The minimum atomic E-state index is 0.184. The van der Waals surface area contributed by atoms with Gasteiger partial charge in [-0.25, -0.2) is 0 Å². The Morgan fingerprint density at radius 2 is 2.22 bits per heavy atom. The molecule has 0 spiro atoms. The Balaban J connectivity index is 1.45. The number of hydrogen-bond donors (Lipinski definition) is 0. The zero-order valence-corrected chi connectivity index (χ0v) is 16.4. The van der Waals surface area contributed by atoms with Crippen molar-refractivity contribution in [2.45, 2.75) is 32.1 Å². The number of halogens is 1. The molecule has 27 heavy (non-hydrogen) atoms. The van der Waals surface area contributed by atoms with Gasteiger partial charge >= 0.3 is 0 Å². The van der Waals surface area contributed by atoms with E-state index in [1.807, 2.05) is 12.1 Å². The van der Waals surface area contributed by atoms with Crippen LogP contribution >= 0.6 is 11.6 Å². The van der Waals surface area contributed by atoms with E-state index in [0.29, 0.717) is 18.1 Å². The standard InChI is InChI=1S/C21H24ClN3O2/c1-26-19-10-16-18(24-17-5-2-4-15(17)21(16)22)11-20(19)27-9-3-7-25-8-6-14(12-23)13-25/h10-11,14H,2-9,13H2,1H3. The number of fused-ring (bicyclic) bond motifs is 2. The molecule has 6 heteroatoms. The lowest BCUT2D eigenvalue weighted by Crippen LogP contribution is -2.23. The molecule has 1 aliphatic heterocycles. The summed E-state index contributed by atoms with van der Waals surface area (Å²) < 4.78 is 11.5. The molecule has 0 saturated carbocycles. The number of nitrogens with zero attached hydrogens (tertiary/aromatic N) is 3. The summed E-state index contributed by atoms with van der Waals surface area (Å²) in [6.07, 6.45) is 5.00. The molecule has 1 atom stereocenters. The van der Waals surface area contributed by atoms with E-state index in [-0.39, 0.29) is 5.92 Å². The molecule has 1 saturated heterocycles. The smallest absolute Gasteiger partial charge is 0.163 e. The molecule has 4 rings (SSSR count). The highest BCUT2D eigenvalue weighted by Crippen LogP contribution is 2.39. The number of nitriles is 1. The molecule has 1 aromatic heterocycles. The van der Waals surface area contributed by atoms with Gasteiger partial charge in [0, 0.05) is 30.2 Å². The average Bonchev–Trinajstić information content (AvgIpc) is 3.34. The van der Waals surface area contributed by atoms with Crippen LogP contribution in [0.15, 0.2) is 12.1 Å². The Labute approximate surface area is 164 Å². The summed E-state index contributed by atoms with van der Waals surface area (Å²) in [5, 5.41) is 10.7. The highest BCUT2D eigenvalue weighted by molar-refractivity contribution is 6.36. The van der Waals surface area contributed by atoms with Crippen LogP contribution in [0.5, 0.6) is 11.5 Å². The summed E-state index contributed by atoms with van der Waals surface area (Å²) in [5.41, 5.74) is 3.17. The SMILES string of the molecule is COc1cc2c(Cl)c3c(nc2cc1OCCCN1CCC(C#N)C1)CCC3. The van der Waals surface area contributed by atoms with Gasteiger partial charge in [0.25, 0.3) is 0 Å². The monoisotopic (exact) mass is 385 g/mol. The minimum Gasteiger partial charge on any atom is -0.493 e.